The molecule has 1 aliphatic rings. The van der Waals surface area contributed by atoms with Crippen LogP contribution >= 0.6 is 22.9 Å². The molecule has 0 radical (unpaired) electrons. The summed E-state index contributed by atoms with van der Waals surface area (Å²) in [6.07, 6.45) is 4.60. The van der Waals surface area contributed by atoms with Crippen molar-refractivity contribution < 1.29 is 4.79 Å². The molecule has 0 saturated carbocycles. The van der Waals surface area contributed by atoms with E-state index in [-0.39, 0.29) is 12.3 Å². The Hall–Kier alpha value is -1.05. The highest BCUT2D eigenvalue weighted by Crippen LogP contribution is 2.39. The lowest BCUT2D eigenvalue weighted by Gasteiger charge is -2.20. The zero-order chi connectivity index (χ0) is 13.8. The number of hydrogen-bond acceptors (Lipinski definition) is 3. The van der Waals surface area contributed by atoms with E-state index in [1.54, 1.807) is 11.3 Å². The second kappa shape index (κ2) is 6.40. The molecule has 1 aromatic heterocycles. The lowest BCUT2D eigenvalue weighted by atomic mass is 9.86. The fraction of sp³-hybridized carbons (Fsp3) is 0.571. The topological polar surface area (TPSA) is 52.9 Å². The van der Waals surface area contributed by atoms with Gasteiger partial charge in [0.1, 0.15) is 11.1 Å². The predicted molar refractivity (Wildman–Crippen MR) is 78.8 cm³/mol. The van der Waals surface area contributed by atoms with E-state index in [4.69, 9.17) is 11.6 Å². The predicted octanol–water partition coefficient (Wildman–Crippen LogP) is 3.70. The van der Waals surface area contributed by atoms with E-state index in [0.717, 1.165) is 24.8 Å². The summed E-state index contributed by atoms with van der Waals surface area (Å²) in [6, 6.07) is 2.25. The minimum atomic E-state index is -0.114. The number of rotatable bonds is 4. The van der Waals surface area contributed by atoms with Gasteiger partial charge in [0.25, 0.3) is 0 Å². The third kappa shape index (κ3) is 3.10. The molecule has 0 aliphatic heterocycles. The Morgan fingerprint density at radius 3 is 3.05 bits per heavy atom. The first-order valence-corrected chi connectivity index (χ1v) is 7.95. The number of nitrogens with one attached hydrogen (secondary N) is 1. The third-order valence-corrected chi connectivity index (χ3v) is 4.99. The molecule has 0 fully saturated rings. The van der Waals surface area contributed by atoms with Crippen LogP contribution in [0, 0.1) is 17.2 Å². The van der Waals surface area contributed by atoms with Crippen molar-refractivity contribution in [2.75, 3.05) is 11.2 Å². The van der Waals surface area contributed by atoms with E-state index in [1.807, 2.05) is 0 Å². The molecule has 0 unspecified atom stereocenters. The second-order valence-corrected chi connectivity index (χ2v) is 6.31. The Labute approximate surface area is 122 Å². The van der Waals surface area contributed by atoms with Crippen LogP contribution in [0.2, 0.25) is 0 Å². The molecule has 1 atom stereocenters. The van der Waals surface area contributed by atoms with Crippen LogP contribution in [-0.2, 0) is 17.6 Å². The van der Waals surface area contributed by atoms with Crippen molar-refractivity contribution in [2.24, 2.45) is 5.92 Å². The zero-order valence-corrected chi connectivity index (χ0v) is 12.5. The highest BCUT2D eigenvalue weighted by molar-refractivity contribution is 7.16. The monoisotopic (exact) mass is 296 g/mol. The molecule has 1 aliphatic carbocycles. The van der Waals surface area contributed by atoms with E-state index in [1.165, 1.54) is 11.3 Å². The maximum Gasteiger partial charge on any atom is 0.226 e. The highest BCUT2D eigenvalue weighted by Gasteiger charge is 2.25. The summed E-state index contributed by atoms with van der Waals surface area (Å²) in [5, 5.41) is 12.8. The van der Waals surface area contributed by atoms with Crippen molar-refractivity contribution in [1.29, 1.82) is 5.26 Å². The quantitative estimate of drug-likeness (QED) is 0.861. The molecule has 1 amide bonds. The lowest BCUT2D eigenvalue weighted by Crippen LogP contribution is -2.12. The Balaban J connectivity index is 2.24. The molecule has 1 heterocycles. The fourth-order valence-corrected chi connectivity index (χ4v) is 3.98. The average Bonchev–Trinajstić information content (AvgIpc) is 2.74. The molecule has 1 N–H and O–H groups in total. The van der Waals surface area contributed by atoms with Gasteiger partial charge < -0.3 is 5.32 Å². The van der Waals surface area contributed by atoms with Gasteiger partial charge in [0.15, 0.2) is 0 Å². The first-order chi connectivity index (χ1) is 9.19. The lowest BCUT2D eigenvalue weighted by molar-refractivity contribution is -0.115. The first kappa shape index (κ1) is 14.4. The molecular weight excluding hydrogens is 280 g/mol. The van der Waals surface area contributed by atoms with Crippen molar-refractivity contribution in [3.05, 3.63) is 16.0 Å². The summed E-state index contributed by atoms with van der Waals surface area (Å²) < 4.78 is 0. The molecule has 0 saturated heterocycles. The summed E-state index contributed by atoms with van der Waals surface area (Å²) >= 11 is 7.12. The average molecular weight is 297 g/mol. The van der Waals surface area contributed by atoms with Gasteiger partial charge in [-0.1, -0.05) is 13.3 Å². The maximum absolute atomic E-state index is 11.6. The van der Waals surface area contributed by atoms with E-state index in [0.29, 0.717) is 22.4 Å². The summed E-state index contributed by atoms with van der Waals surface area (Å²) in [5.74, 6) is 0.901. The Bertz CT molecular complexity index is 518. The van der Waals surface area contributed by atoms with Gasteiger partial charge in [-0.3, -0.25) is 4.79 Å². The van der Waals surface area contributed by atoms with Crippen LogP contribution in [0.5, 0.6) is 0 Å². The van der Waals surface area contributed by atoms with Gasteiger partial charge in [-0.2, -0.15) is 5.26 Å². The summed E-state index contributed by atoms with van der Waals surface area (Å²) in [4.78, 5) is 12.9. The molecule has 102 valence electrons. The number of hydrogen-bond donors (Lipinski definition) is 1. The normalized spacial score (nSPS) is 17.6. The van der Waals surface area contributed by atoms with E-state index in [9.17, 15) is 10.1 Å². The Kier molecular flexibility index (Phi) is 4.84. The van der Waals surface area contributed by atoms with Crippen LogP contribution in [0.1, 0.15) is 42.2 Å². The van der Waals surface area contributed by atoms with Crippen LogP contribution in [-0.4, -0.2) is 11.8 Å². The van der Waals surface area contributed by atoms with Crippen LogP contribution < -0.4 is 5.32 Å². The number of amides is 1. The van der Waals surface area contributed by atoms with Gasteiger partial charge in [0, 0.05) is 17.2 Å². The molecule has 0 bridgehead atoms. The number of nitrogens with zero attached hydrogens (tertiary/aromatic N) is 1. The summed E-state index contributed by atoms with van der Waals surface area (Å²) in [5.41, 5.74) is 1.82. The molecule has 0 spiro atoms. The van der Waals surface area contributed by atoms with Crippen LogP contribution in [0.4, 0.5) is 5.00 Å². The van der Waals surface area contributed by atoms with Crippen molar-refractivity contribution in [3.8, 4) is 6.07 Å². The molecule has 19 heavy (non-hydrogen) atoms. The molecule has 3 nitrogen and oxygen atoms in total. The number of carbonyl (C=O) groups excluding carboxylic acids is 1. The maximum atomic E-state index is 11.6. The van der Waals surface area contributed by atoms with Crippen LogP contribution in [0.15, 0.2) is 0 Å². The number of carbonyl (C=O) groups is 1. The van der Waals surface area contributed by atoms with Crippen molar-refractivity contribution in [1.82, 2.24) is 0 Å². The standard InChI is InChI=1S/C14H17ClN2OS/c1-2-9-3-4-10-11(8-16)14(19-12(10)7-9)17-13(18)5-6-15/h9H,2-7H2,1H3,(H,17,18)/t9-/m1/s1. The molecule has 5 heteroatoms. The van der Waals surface area contributed by atoms with Gasteiger partial charge in [-0.05, 0) is 30.7 Å². The number of nitriles is 1. The summed E-state index contributed by atoms with van der Waals surface area (Å²) in [7, 11) is 0. The van der Waals surface area contributed by atoms with Gasteiger partial charge in [0.05, 0.1) is 5.56 Å². The van der Waals surface area contributed by atoms with E-state index >= 15 is 0 Å². The van der Waals surface area contributed by atoms with E-state index < -0.39 is 0 Å². The molecular formula is C14H17ClN2OS. The van der Waals surface area contributed by atoms with E-state index in [2.05, 4.69) is 18.3 Å². The Morgan fingerprint density at radius 2 is 2.42 bits per heavy atom. The number of thiophene rings is 1. The van der Waals surface area contributed by atoms with Gasteiger partial charge in [-0.15, -0.1) is 22.9 Å². The largest absolute Gasteiger partial charge is 0.317 e. The number of fused-ring (bicyclic) bond motifs is 1. The molecule has 0 aromatic carbocycles. The minimum absolute atomic E-state index is 0.114. The highest BCUT2D eigenvalue weighted by atomic mass is 35.5. The smallest absolute Gasteiger partial charge is 0.226 e. The van der Waals surface area contributed by atoms with Gasteiger partial charge >= 0.3 is 0 Å². The van der Waals surface area contributed by atoms with Crippen LogP contribution in [0.25, 0.3) is 0 Å². The zero-order valence-electron chi connectivity index (χ0n) is 11.0. The SMILES string of the molecule is CC[C@@H]1CCc2c(sc(NC(=O)CCCl)c2C#N)C1. The summed E-state index contributed by atoms with van der Waals surface area (Å²) in [6.45, 7) is 2.21. The second-order valence-electron chi connectivity index (χ2n) is 4.82. The van der Waals surface area contributed by atoms with Crippen LogP contribution in [0.3, 0.4) is 0 Å². The minimum Gasteiger partial charge on any atom is -0.317 e. The van der Waals surface area contributed by atoms with Crippen molar-refractivity contribution in [2.45, 2.75) is 39.0 Å². The molecule has 1 aromatic rings. The Morgan fingerprint density at radius 1 is 1.63 bits per heavy atom. The third-order valence-electron chi connectivity index (χ3n) is 3.63. The number of halogens is 1. The first-order valence-electron chi connectivity index (χ1n) is 6.60. The number of anilines is 1. The van der Waals surface area contributed by atoms with Gasteiger partial charge in [0.2, 0.25) is 5.91 Å². The van der Waals surface area contributed by atoms with Crippen molar-refractivity contribution in [3.63, 3.8) is 0 Å². The number of alkyl halides is 1. The fourth-order valence-electron chi connectivity index (χ4n) is 2.48. The van der Waals surface area contributed by atoms with Crippen molar-refractivity contribution >= 4 is 33.8 Å². The van der Waals surface area contributed by atoms with Gasteiger partial charge in [-0.25, -0.2) is 0 Å². The molecule has 2 rings (SSSR count).